The lowest BCUT2D eigenvalue weighted by molar-refractivity contribution is 0.0740. The van der Waals surface area contributed by atoms with Gasteiger partial charge in [-0.15, -0.1) is 11.3 Å². The van der Waals surface area contributed by atoms with Crippen molar-refractivity contribution >= 4 is 17.2 Å². The molecule has 1 fully saturated rings. The van der Waals surface area contributed by atoms with Gasteiger partial charge >= 0.3 is 0 Å². The highest BCUT2D eigenvalue weighted by molar-refractivity contribution is 7.16. The average molecular weight is 303 g/mol. The molecule has 0 spiro atoms. The van der Waals surface area contributed by atoms with Crippen LogP contribution < -0.4 is 10.1 Å². The zero-order valence-corrected chi connectivity index (χ0v) is 12.7. The molecule has 2 heterocycles. The molecule has 1 saturated heterocycles. The number of carbonyl (C=O) groups is 1. The molecule has 1 aromatic heterocycles. The third kappa shape index (κ3) is 3.06. The zero-order valence-electron chi connectivity index (χ0n) is 11.8. The van der Waals surface area contributed by atoms with Crippen molar-refractivity contribution in [3.8, 4) is 16.3 Å². The number of nitrogens with one attached hydrogen (secondary N) is 1. The highest BCUT2D eigenvalue weighted by Gasteiger charge is 2.20. The van der Waals surface area contributed by atoms with E-state index >= 15 is 0 Å². The Balaban J connectivity index is 1.77. The van der Waals surface area contributed by atoms with Crippen LogP contribution in [0.5, 0.6) is 5.75 Å². The normalized spacial score (nSPS) is 15.0. The van der Waals surface area contributed by atoms with Crippen LogP contribution in [0, 0.1) is 0 Å². The topological polar surface area (TPSA) is 54.5 Å². The fourth-order valence-corrected chi connectivity index (χ4v) is 3.15. The second-order valence-electron chi connectivity index (χ2n) is 4.80. The van der Waals surface area contributed by atoms with Crippen molar-refractivity contribution in [1.29, 1.82) is 0 Å². The molecule has 21 heavy (non-hydrogen) atoms. The van der Waals surface area contributed by atoms with Crippen molar-refractivity contribution < 1.29 is 9.53 Å². The van der Waals surface area contributed by atoms with E-state index < -0.39 is 0 Å². The molecule has 0 bridgehead atoms. The van der Waals surface area contributed by atoms with Crippen molar-refractivity contribution in [3.63, 3.8) is 0 Å². The maximum Gasteiger partial charge on any atom is 0.265 e. The molecule has 1 aliphatic heterocycles. The molecular weight excluding hydrogens is 286 g/mol. The smallest absolute Gasteiger partial charge is 0.265 e. The summed E-state index contributed by atoms with van der Waals surface area (Å²) >= 11 is 1.44. The van der Waals surface area contributed by atoms with E-state index in [-0.39, 0.29) is 5.91 Å². The molecule has 0 radical (unpaired) electrons. The average Bonchev–Trinajstić information content (AvgIpc) is 3.05. The van der Waals surface area contributed by atoms with Gasteiger partial charge in [0.2, 0.25) is 0 Å². The number of nitrogens with zero attached hydrogens (tertiary/aromatic N) is 2. The summed E-state index contributed by atoms with van der Waals surface area (Å²) in [4.78, 5) is 19.3. The van der Waals surface area contributed by atoms with Crippen LogP contribution in [0.15, 0.2) is 30.5 Å². The molecule has 1 aliphatic rings. The minimum absolute atomic E-state index is 0.0776. The van der Waals surface area contributed by atoms with Crippen molar-refractivity contribution in [2.24, 2.45) is 0 Å². The first-order valence-corrected chi connectivity index (χ1v) is 7.70. The Morgan fingerprint density at radius 1 is 1.29 bits per heavy atom. The van der Waals surface area contributed by atoms with Crippen LogP contribution in [-0.4, -0.2) is 49.1 Å². The minimum atomic E-state index is 0.0776. The van der Waals surface area contributed by atoms with Gasteiger partial charge in [-0.3, -0.25) is 4.79 Å². The van der Waals surface area contributed by atoms with E-state index in [1.807, 2.05) is 29.2 Å². The van der Waals surface area contributed by atoms with Gasteiger partial charge in [0, 0.05) is 31.7 Å². The van der Waals surface area contributed by atoms with Crippen molar-refractivity contribution in [2.75, 3.05) is 33.3 Å². The Morgan fingerprint density at radius 3 is 2.67 bits per heavy atom. The first-order chi connectivity index (χ1) is 10.3. The molecule has 1 N–H and O–H groups in total. The summed E-state index contributed by atoms with van der Waals surface area (Å²) in [5, 5.41) is 4.10. The van der Waals surface area contributed by atoms with Gasteiger partial charge in [0.1, 0.15) is 15.6 Å². The number of carbonyl (C=O) groups excluding carboxylic acids is 1. The highest BCUT2D eigenvalue weighted by atomic mass is 32.1. The van der Waals surface area contributed by atoms with Gasteiger partial charge in [-0.2, -0.15) is 0 Å². The molecule has 3 rings (SSSR count). The number of thiazole rings is 1. The monoisotopic (exact) mass is 303 g/mol. The number of piperazine rings is 1. The third-order valence-electron chi connectivity index (χ3n) is 3.46. The summed E-state index contributed by atoms with van der Waals surface area (Å²) in [5.41, 5.74) is 1.00. The van der Waals surface area contributed by atoms with Crippen LogP contribution in [0.1, 0.15) is 9.67 Å². The van der Waals surface area contributed by atoms with Crippen LogP contribution in [0.25, 0.3) is 10.6 Å². The number of ether oxygens (including phenoxy) is 1. The molecular formula is C15H17N3O2S. The van der Waals surface area contributed by atoms with Crippen LogP contribution in [0.3, 0.4) is 0 Å². The van der Waals surface area contributed by atoms with Gasteiger partial charge in [-0.05, 0) is 24.3 Å². The van der Waals surface area contributed by atoms with Gasteiger partial charge in [-0.25, -0.2) is 4.98 Å². The number of methoxy groups -OCH3 is 1. The van der Waals surface area contributed by atoms with Crippen molar-refractivity contribution in [3.05, 3.63) is 35.3 Å². The van der Waals surface area contributed by atoms with Crippen molar-refractivity contribution in [2.45, 2.75) is 0 Å². The Labute approximate surface area is 127 Å². The molecule has 0 unspecified atom stereocenters. The number of amides is 1. The predicted molar refractivity (Wildman–Crippen MR) is 82.9 cm³/mol. The van der Waals surface area contributed by atoms with E-state index in [4.69, 9.17) is 4.74 Å². The first-order valence-electron chi connectivity index (χ1n) is 6.88. The molecule has 2 aromatic rings. The van der Waals surface area contributed by atoms with Crippen LogP contribution in [0.2, 0.25) is 0 Å². The quantitative estimate of drug-likeness (QED) is 0.940. The second kappa shape index (κ2) is 6.24. The summed E-state index contributed by atoms with van der Waals surface area (Å²) in [7, 11) is 1.64. The number of benzene rings is 1. The lowest BCUT2D eigenvalue weighted by Crippen LogP contribution is -2.46. The maximum atomic E-state index is 12.4. The Morgan fingerprint density at radius 2 is 2.00 bits per heavy atom. The van der Waals surface area contributed by atoms with Crippen LogP contribution >= 0.6 is 11.3 Å². The van der Waals surface area contributed by atoms with Crippen molar-refractivity contribution in [1.82, 2.24) is 15.2 Å². The Kier molecular flexibility index (Phi) is 4.17. The fraction of sp³-hybridized carbons (Fsp3) is 0.333. The maximum absolute atomic E-state index is 12.4. The molecule has 1 amide bonds. The summed E-state index contributed by atoms with van der Waals surface area (Å²) in [6, 6.07) is 7.70. The number of hydrogen-bond acceptors (Lipinski definition) is 5. The minimum Gasteiger partial charge on any atom is -0.497 e. The van der Waals surface area contributed by atoms with Gasteiger partial charge in [0.25, 0.3) is 5.91 Å². The zero-order chi connectivity index (χ0) is 14.7. The van der Waals surface area contributed by atoms with E-state index in [1.54, 1.807) is 13.3 Å². The predicted octanol–water partition coefficient (Wildman–Crippen LogP) is 1.86. The van der Waals surface area contributed by atoms with E-state index in [1.165, 1.54) is 11.3 Å². The Hall–Kier alpha value is -1.92. The lowest BCUT2D eigenvalue weighted by atomic mass is 10.2. The van der Waals surface area contributed by atoms with Gasteiger partial charge < -0.3 is 15.0 Å². The fourth-order valence-electron chi connectivity index (χ4n) is 2.26. The third-order valence-corrected chi connectivity index (χ3v) is 4.49. The number of rotatable bonds is 3. The number of hydrogen-bond donors (Lipinski definition) is 1. The summed E-state index contributed by atoms with van der Waals surface area (Å²) in [6.07, 6.45) is 1.68. The van der Waals surface area contributed by atoms with Gasteiger partial charge in [0.15, 0.2) is 0 Å². The largest absolute Gasteiger partial charge is 0.497 e. The molecule has 6 heteroatoms. The SMILES string of the molecule is COc1ccc(-c2ncc(C(=O)N3CCNCC3)s2)cc1. The Bertz CT molecular complexity index is 618. The summed E-state index contributed by atoms with van der Waals surface area (Å²) in [5.74, 6) is 0.890. The van der Waals surface area contributed by atoms with Gasteiger partial charge in [-0.1, -0.05) is 0 Å². The molecule has 0 aliphatic carbocycles. The highest BCUT2D eigenvalue weighted by Crippen LogP contribution is 2.27. The molecule has 0 atom stereocenters. The number of aromatic nitrogens is 1. The standard InChI is InChI=1S/C15H17N3O2S/c1-20-12-4-2-11(3-5-12)14-17-10-13(21-14)15(19)18-8-6-16-7-9-18/h2-5,10,16H,6-9H2,1H3. The summed E-state index contributed by atoms with van der Waals surface area (Å²) in [6.45, 7) is 3.23. The van der Waals surface area contributed by atoms with E-state index in [2.05, 4.69) is 10.3 Å². The van der Waals surface area contributed by atoms with Gasteiger partial charge in [0.05, 0.1) is 13.3 Å². The first kappa shape index (κ1) is 14.0. The van der Waals surface area contributed by atoms with Crippen LogP contribution in [0.4, 0.5) is 0 Å². The van der Waals surface area contributed by atoms with E-state index in [9.17, 15) is 4.79 Å². The second-order valence-corrected chi connectivity index (χ2v) is 5.83. The molecule has 0 saturated carbocycles. The van der Waals surface area contributed by atoms with E-state index in [0.29, 0.717) is 4.88 Å². The summed E-state index contributed by atoms with van der Waals surface area (Å²) < 4.78 is 5.14. The van der Waals surface area contributed by atoms with E-state index in [0.717, 1.165) is 42.5 Å². The van der Waals surface area contributed by atoms with Crippen LogP contribution in [-0.2, 0) is 0 Å². The lowest BCUT2D eigenvalue weighted by Gasteiger charge is -2.26. The molecule has 110 valence electrons. The molecule has 1 aromatic carbocycles. The molecule has 5 nitrogen and oxygen atoms in total.